The number of carbonyl (C=O) groups is 1. The number of morpholine rings is 2. The second-order valence-electron chi connectivity index (χ2n) is 8.74. The Balaban J connectivity index is 1.76. The smallest absolute Gasteiger partial charge is 0.181 e. The molecule has 0 aromatic heterocycles. The summed E-state index contributed by atoms with van der Waals surface area (Å²) in [5, 5.41) is 0. The van der Waals surface area contributed by atoms with Crippen LogP contribution in [-0.2, 0) is 9.47 Å². The fourth-order valence-corrected chi connectivity index (χ4v) is 4.69. The lowest BCUT2D eigenvalue weighted by molar-refractivity contribution is -0.0301. The highest BCUT2D eigenvalue weighted by Crippen LogP contribution is 2.32. The molecule has 0 bridgehead atoms. The van der Waals surface area contributed by atoms with Crippen LogP contribution in [0.25, 0.3) is 0 Å². The first-order valence-corrected chi connectivity index (χ1v) is 11.5. The van der Waals surface area contributed by atoms with E-state index in [1.807, 2.05) is 18.2 Å². The van der Waals surface area contributed by atoms with Gasteiger partial charge in [0.25, 0.3) is 0 Å². The van der Waals surface area contributed by atoms with Gasteiger partial charge in [-0.1, -0.05) is 62.4 Å². The summed E-state index contributed by atoms with van der Waals surface area (Å²) in [5.41, 5.74) is 3.19. The second-order valence-corrected chi connectivity index (χ2v) is 8.74. The van der Waals surface area contributed by atoms with Crippen LogP contribution in [0.3, 0.4) is 0 Å². The number of hydrogen-bond donors (Lipinski definition) is 0. The quantitative estimate of drug-likeness (QED) is 0.636. The summed E-state index contributed by atoms with van der Waals surface area (Å²) in [6.07, 6.45) is 0. The van der Waals surface area contributed by atoms with Gasteiger partial charge in [-0.3, -0.25) is 14.6 Å². The van der Waals surface area contributed by atoms with Crippen molar-refractivity contribution in [1.82, 2.24) is 9.80 Å². The molecule has 5 nitrogen and oxygen atoms in total. The van der Waals surface area contributed by atoms with Crippen LogP contribution in [0.1, 0.15) is 47.3 Å². The fraction of sp³-hybridized carbons (Fsp3) is 0.500. The van der Waals surface area contributed by atoms with E-state index in [-0.39, 0.29) is 17.9 Å². The van der Waals surface area contributed by atoms with Crippen LogP contribution in [0.5, 0.6) is 0 Å². The van der Waals surface area contributed by atoms with Crippen molar-refractivity contribution >= 4 is 5.78 Å². The molecule has 2 aromatic carbocycles. The minimum atomic E-state index is -0.258. The van der Waals surface area contributed by atoms with Crippen molar-refractivity contribution in [3.63, 3.8) is 0 Å². The van der Waals surface area contributed by atoms with Gasteiger partial charge in [-0.25, -0.2) is 0 Å². The van der Waals surface area contributed by atoms with Crippen molar-refractivity contribution in [2.24, 2.45) is 0 Å². The third kappa shape index (κ3) is 5.24. The number of benzene rings is 2. The molecule has 4 rings (SSSR count). The lowest BCUT2D eigenvalue weighted by Crippen LogP contribution is -2.55. The molecular formula is C26H34N2O3. The van der Waals surface area contributed by atoms with E-state index >= 15 is 0 Å². The molecule has 2 aliphatic rings. The first-order chi connectivity index (χ1) is 15.1. The summed E-state index contributed by atoms with van der Waals surface area (Å²) in [6, 6.07) is 18.4. The molecule has 0 aliphatic carbocycles. The summed E-state index contributed by atoms with van der Waals surface area (Å²) in [6.45, 7) is 10.3. The maximum Gasteiger partial charge on any atom is 0.181 e. The Morgan fingerprint density at radius 2 is 1.35 bits per heavy atom. The largest absolute Gasteiger partial charge is 0.379 e. The van der Waals surface area contributed by atoms with Gasteiger partial charge in [0.1, 0.15) is 0 Å². The zero-order chi connectivity index (χ0) is 21.6. The van der Waals surface area contributed by atoms with Crippen LogP contribution in [0.4, 0.5) is 0 Å². The third-order valence-electron chi connectivity index (χ3n) is 6.42. The van der Waals surface area contributed by atoms with E-state index in [4.69, 9.17) is 9.47 Å². The summed E-state index contributed by atoms with van der Waals surface area (Å²) < 4.78 is 11.3. The van der Waals surface area contributed by atoms with Gasteiger partial charge >= 0.3 is 0 Å². The number of carbonyl (C=O) groups excluding carboxylic acids is 1. The summed E-state index contributed by atoms with van der Waals surface area (Å²) in [4.78, 5) is 18.9. The van der Waals surface area contributed by atoms with E-state index < -0.39 is 0 Å². The molecule has 0 amide bonds. The SMILES string of the molecule is CC(C)c1cccc(C(=O)[C@H]([C@H](c2ccccc2)N2CCOCC2)N2CCOCC2)c1. The van der Waals surface area contributed by atoms with Gasteiger partial charge in [-0.15, -0.1) is 0 Å². The molecule has 0 spiro atoms. The van der Waals surface area contributed by atoms with Crippen LogP contribution in [0, 0.1) is 0 Å². The Morgan fingerprint density at radius 3 is 1.97 bits per heavy atom. The molecule has 5 heteroatoms. The van der Waals surface area contributed by atoms with E-state index in [0.29, 0.717) is 32.3 Å². The third-order valence-corrected chi connectivity index (χ3v) is 6.42. The van der Waals surface area contributed by atoms with Gasteiger partial charge in [0.2, 0.25) is 0 Å². The lowest BCUT2D eigenvalue weighted by atomic mass is 9.88. The van der Waals surface area contributed by atoms with Crippen LogP contribution in [0.2, 0.25) is 0 Å². The lowest BCUT2D eigenvalue weighted by Gasteiger charge is -2.44. The number of ether oxygens (including phenoxy) is 2. The average Bonchev–Trinajstić information content (AvgIpc) is 2.84. The van der Waals surface area contributed by atoms with E-state index in [1.165, 1.54) is 11.1 Å². The Morgan fingerprint density at radius 1 is 0.774 bits per heavy atom. The predicted molar refractivity (Wildman–Crippen MR) is 123 cm³/mol. The highest BCUT2D eigenvalue weighted by molar-refractivity contribution is 6.01. The maximum atomic E-state index is 14.1. The number of nitrogens with zero attached hydrogens (tertiary/aromatic N) is 2. The van der Waals surface area contributed by atoms with Gasteiger partial charge in [0.05, 0.1) is 38.5 Å². The molecule has 166 valence electrons. The first-order valence-electron chi connectivity index (χ1n) is 11.5. The molecule has 2 aliphatic heterocycles. The Kier molecular flexibility index (Phi) is 7.51. The minimum Gasteiger partial charge on any atom is -0.379 e. The predicted octanol–water partition coefficient (Wildman–Crippen LogP) is 3.77. The number of hydrogen-bond acceptors (Lipinski definition) is 5. The second kappa shape index (κ2) is 10.5. The number of rotatable bonds is 7. The molecule has 0 N–H and O–H groups in total. The summed E-state index contributed by atoms with van der Waals surface area (Å²) in [7, 11) is 0. The average molecular weight is 423 g/mol. The van der Waals surface area contributed by atoms with Crippen molar-refractivity contribution < 1.29 is 14.3 Å². The number of ketones is 1. The van der Waals surface area contributed by atoms with Crippen molar-refractivity contribution in [1.29, 1.82) is 0 Å². The first kappa shape index (κ1) is 22.2. The molecule has 0 radical (unpaired) electrons. The van der Waals surface area contributed by atoms with Crippen LogP contribution in [0.15, 0.2) is 54.6 Å². The van der Waals surface area contributed by atoms with Gasteiger partial charge in [-0.2, -0.15) is 0 Å². The molecule has 0 saturated carbocycles. The van der Waals surface area contributed by atoms with E-state index in [2.05, 4.69) is 60.0 Å². The van der Waals surface area contributed by atoms with Crippen LogP contribution >= 0.6 is 0 Å². The van der Waals surface area contributed by atoms with Crippen molar-refractivity contribution in [2.45, 2.75) is 31.8 Å². The Labute approximate surface area is 185 Å². The fourth-order valence-electron chi connectivity index (χ4n) is 4.69. The van der Waals surface area contributed by atoms with Gasteiger partial charge in [0, 0.05) is 31.7 Å². The van der Waals surface area contributed by atoms with Crippen molar-refractivity contribution in [3.8, 4) is 0 Å². The van der Waals surface area contributed by atoms with E-state index in [0.717, 1.165) is 31.7 Å². The molecule has 0 unspecified atom stereocenters. The highest BCUT2D eigenvalue weighted by Gasteiger charge is 2.39. The maximum absolute atomic E-state index is 14.1. The standard InChI is InChI=1S/C26H34N2O3/c1-20(2)22-9-6-10-23(19-22)26(29)25(28-13-17-31-18-14-28)24(21-7-4-3-5-8-21)27-11-15-30-16-12-27/h3-10,19-20,24-25H,11-18H2,1-2H3/t24-,25-/m0/s1. The van der Waals surface area contributed by atoms with E-state index in [9.17, 15) is 4.79 Å². The summed E-state index contributed by atoms with van der Waals surface area (Å²) in [5.74, 6) is 0.587. The minimum absolute atomic E-state index is 0.0154. The van der Waals surface area contributed by atoms with Crippen LogP contribution < -0.4 is 0 Å². The van der Waals surface area contributed by atoms with Gasteiger partial charge in [0.15, 0.2) is 5.78 Å². The highest BCUT2D eigenvalue weighted by atomic mass is 16.5. The topological polar surface area (TPSA) is 42.0 Å². The summed E-state index contributed by atoms with van der Waals surface area (Å²) >= 11 is 0. The molecule has 2 saturated heterocycles. The van der Waals surface area contributed by atoms with Gasteiger partial charge in [-0.05, 0) is 23.1 Å². The Hall–Kier alpha value is -2.05. The van der Waals surface area contributed by atoms with Crippen molar-refractivity contribution in [2.75, 3.05) is 52.6 Å². The van der Waals surface area contributed by atoms with Crippen molar-refractivity contribution in [3.05, 3.63) is 71.3 Å². The number of Topliss-reactive ketones (excluding diaryl/α,β-unsaturated/α-hetero) is 1. The van der Waals surface area contributed by atoms with Crippen LogP contribution in [-0.4, -0.2) is 74.2 Å². The molecule has 2 aromatic rings. The Bertz CT molecular complexity index is 843. The van der Waals surface area contributed by atoms with E-state index in [1.54, 1.807) is 0 Å². The monoisotopic (exact) mass is 422 g/mol. The molecular weight excluding hydrogens is 388 g/mol. The molecule has 2 heterocycles. The molecule has 31 heavy (non-hydrogen) atoms. The molecule has 2 fully saturated rings. The normalized spacial score (nSPS) is 20.5. The van der Waals surface area contributed by atoms with Gasteiger partial charge < -0.3 is 9.47 Å². The zero-order valence-electron chi connectivity index (χ0n) is 18.7. The zero-order valence-corrected chi connectivity index (χ0v) is 18.7. The molecule has 2 atom stereocenters.